The number of nitrogens with one attached hydrogen (secondary N) is 1. The molecule has 1 aromatic heterocycles. The Kier molecular flexibility index (Phi) is 4.50. The zero-order valence-electron chi connectivity index (χ0n) is 11.5. The van der Waals surface area contributed by atoms with Crippen molar-refractivity contribution in [1.29, 1.82) is 0 Å². The highest BCUT2D eigenvalue weighted by atomic mass is 16.3. The first-order chi connectivity index (χ1) is 9.66. The molecule has 1 aromatic carbocycles. The predicted molar refractivity (Wildman–Crippen MR) is 79.5 cm³/mol. The molecule has 0 unspecified atom stereocenters. The average molecular weight is 268 g/mol. The van der Waals surface area contributed by atoms with Crippen LogP contribution in [0.2, 0.25) is 0 Å². The van der Waals surface area contributed by atoms with Crippen molar-refractivity contribution in [1.82, 2.24) is 5.43 Å². The lowest BCUT2D eigenvalue weighted by molar-refractivity contribution is 0.0953. The molecule has 0 bridgehead atoms. The molecule has 2 aromatic rings. The number of aryl methyl sites for hydroxylation is 1. The van der Waals surface area contributed by atoms with Crippen LogP contribution in [0.25, 0.3) is 6.08 Å². The van der Waals surface area contributed by atoms with Crippen LogP contribution in [0, 0.1) is 6.92 Å². The van der Waals surface area contributed by atoms with Gasteiger partial charge in [-0.15, -0.1) is 0 Å². The quantitative estimate of drug-likeness (QED) is 0.682. The first kappa shape index (κ1) is 13.8. The number of amides is 1. The maximum atomic E-state index is 11.8. The van der Waals surface area contributed by atoms with Crippen LogP contribution in [0.5, 0.6) is 0 Å². The van der Waals surface area contributed by atoms with Gasteiger partial charge in [0.2, 0.25) is 0 Å². The number of carbonyl (C=O) groups is 1. The van der Waals surface area contributed by atoms with Crippen LogP contribution in [0.1, 0.15) is 28.6 Å². The van der Waals surface area contributed by atoms with Crippen LogP contribution in [0.15, 0.2) is 57.8 Å². The summed E-state index contributed by atoms with van der Waals surface area (Å²) in [4.78, 5) is 11.8. The van der Waals surface area contributed by atoms with Crippen molar-refractivity contribution in [3.63, 3.8) is 0 Å². The van der Waals surface area contributed by atoms with E-state index in [1.54, 1.807) is 19.2 Å². The van der Waals surface area contributed by atoms with Gasteiger partial charge < -0.3 is 4.42 Å². The Balaban J connectivity index is 1.95. The number of hydrogen-bond donors (Lipinski definition) is 1. The van der Waals surface area contributed by atoms with E-state index in [-0.39, 0.29) is 5.91 Å². The second-order valence-electron chi connectivity index (χ2n) is 4.39. The number of benzene rings is 1. The highest BCUT2D eigenvalue weighted by molar-refractivity contribution is 5.95. The Morgan fingerprint density at radius 1 is 1.25 bits per heavy atom. The molecule has 0 saturated heterocycles. The number of nitrogens with zero attached hydrogens (tertiary/aromatic N) is 1. The van der Waals surface area contributed by atoms with E-state index in [9.17, 15) is 4.79 Å². The molecule has 0 aliphatic rings. The average Bonchev–Trinajstić information content (AvgIpc) is 2.86. The third-order valence-corrected chi connectivity index (χ3v) is 2.73. The predicted octanol–water partition coefficient (Wildman–Crippen LogP) is 3.41. The Hall–Kier alpha value is -2.62. The van der Waals surface area contributed by atoms with Gasteiger partial charge in [-0.3, -0.25) is 4.79 Å². The maximum Gasteiger partial charge on any atom is 0.274 e. The maximum absolute atomic E-state index is 11.8. The Bertz CT molecular complexity index is 640. The van der Waals surface area contributed by atoms with Crippen molar-refractivity contribution in [2.45, 2.75) is 13.8 Å². The van der Waals surface area contributed by atoms with Crippen molar-refractivity contribution in [2.24, 2.45) is 5.10 Å². The molecule has 20 heavy (non-hydrogen) atoms. The summed E-state index contributed by atoms with van der Waals surface area (Å²) in [5.74, 6) is 0.300. The summed E-state index contributed by atoms with van der Waals surface area (Å²) < 4.78 is 5.07. The fraction of sp³-hybridized carbons (Fsp3) is 0.125. The first-order valence-corrected chi connectivity index (χ1v) is 6.27. The fourth-order valence-electron chi connectivity index (χ4n) is 1.72. The summed E-state index contributed by atoms with van der Waals surface area (Å²) in [7, 11) is 0. The lowest BCUT2D eigenvalue weighted by Crippen LogP contribution is -2.17. The van der Waals surface area contributed by atoms with Crippen molar-refractivity contribution < 1.29 is 9.21 Å². The van der Waals surface area contributed by atoms with Crippen LogP contribution in [-0.4, -0.2) is 12.1 Å². The van der Waals surface area contributed by atoms with Gasteiger partial charge in [0, 0.05) is 0 Å². The number of hydrogen-bond acceptors (Lipinski definition) is 3. The molecule has 4 nitrogen and oxygen atoms in total. The SMILES string of the molecule is CC(/C=N\NC(=O)c1ccoc1C)=C\c1ccccc1. The molecule has 1 amide bonds. The summed E-state index contributed by atoms with van der Waals surface area (Å²) in [5.41, 5.74) is 5.00. The second-order valence-corrected chi connectivity index (χ2v) is 4.39. The highest BCUT2D eigenvalue weighted by Crippen LogP contribution is 2.08. The van der Waals surface area contributed by atoms with E-state index < -0.39 is 0 Å². The molecule has 0 spiro atoms. The molecule has 0 fully saturated rings. The zero-order valence-corrected chi connectivity index (χ0v) is 11.5. The summed E-state index contributed by atoms with van der Waals surface area (Å²) in [6, 6.07) is 11.5. The summed E-state index contributed by atoms with van der Waals surface area (Å²) in [5, 5.41) is 3.93. The van der Waals surface area contributed by atoms with E-state index in [1.807, 2.05) is 43.3 Å². The molecule has 102 valence electrons. The van der Waals surface area contributed by atoms with Gasteiger partial charge in [0.15, 0.2) is 0 Å². The number of allylic oxidation sites excluding steroid dienone is 1. The molecule has 4 heteroatoms. The second kappa shape index (κ2) is 6.52. The van der Waals surface area contributed by atoms with Gasteiger partial charge in [-0.1, -0.05) is 36.4 Å². The molecule has 0 radical (unpaired) electrons. The Labute approximate surface area is 117 Å². The highest BCUT2D eigenvalue weighted by Gasteiger charge is 2.09. The van der Waals surface area contributed by atoms with E-state index in [2.05, 4.69) is 10.5 Å². The van der Waals surface area contributed by atoms with Gasteiger partial charge in [-0.2, -0.15) is 5.10 Å². The van der Waals surface area contributed by atoms with Gasteiger partial charge in [0.05, 0.1) is 18.0 Å². The minimum atomic E-state index is -0.278. The van der Waals surface area contributed by atoms with Gasteiger partial charge in [0.1, 0.15) is 5.76 Å². The Morgan fingerprint density at radius 2 is 2.00 bits per heavy atom. The smallest absolute Gasteiger partial charge is 0.274 e. The van der Waals surface area contributed by atoms with Crippen molar-refractivity contribution in [2.75, 3.05) is 0 Å². The number of rotatable bonds is 4. The topological polar surface area (TPSA) is 54.6 Å². The normalized spacial score (nSPS) is 11.8. The molecular weight excluding hydrogens is 252 g/mol. The van der Waals surface area contributed by atoms with Crippen molar-refractivity contribution in [3.8, 4) is 0 Å². The zero-order chi connectivity index (χ0) is 14.4. The summed E-state index contributed by atoms with van der Waals surface area (Å²) in [6.45, 7) is 3.66. The summed E-state index contributed by atoms with van der Waals surface area (Å²) >= 11 is 0. The van der Waals surface area contributed by atoms with E-state index in [1.165, 1.54) is 6.26 Å². The molecule has 2 rings (SSSR count). The molecule has 1 heterocycles. The van der Waals surface area contributed by atoms with Crippen LogP contribution in [0.3, 0.4) is 0 Å². The van der Waals surface area contributed by atoms with E-state index in [0.717, 1.165) is 11.1 Å². The van der Waals surface area contributed by atoms with Crippen molar-refractivity contribution in [3.05, 3.63) is 65.1 Å². The molecule has 0 aliphatic carbocycles. The number of furan rings is 1. The van der Waals surface area contributed by atoms with Crippen LogP contribution in [-0.2, 0) is 0 Å². The van der Waals surface area contributed by atoms with Gasteiger partial charge in [-0.25, -0.2) is 5.43 Å². The van der Waals surface area contributed by atoms with Gasteiger partial charge >= 0.3 is 0 Å². The summed E-state index contributed by atoms with van der Waals surface area (Å²) in [6.07, 6.45) is 5.08. The molecule has 0 aliphatic heterocycles. The molecule has 1 N–H and O–H groups in total. The molecular formula is C16H16N2O2. The van der Waals surface area contributed by atoms with E-state index in [4.69, 9.17) is 4.42 Å². The lowest BCUT2D eigenvalue weighted by atomic mass is 10.1. The third-order valence-electron chi connectivity index (χ3n) is 2.73. The number of hydrazone groups is 1. The fourth-order valence-corrected chi connectivity index (χ4v) is 1.72. The Morgan fingerprint density at radius 3 is 2.65 bits per heavy atom. The molecule has 0 atom stereocenters. The van der Waals surface area contributed by atoms with Crippen molar-refractivity contribution >= 4 is 18.2 Å². The monoisotopic (exact) mass is 268 g/mol. The van der Waals surface area contributed by atoms with Crippen LogP contribution >= 0.6 is 0 Å². The van der Waals surface area contributed by atoms with E-state index >= 15 is 0 Å². The van der Waals surface area contributed by atoms with Gasteiger partial charge in [-0.05, 0) is 31.1 Å². The van der Waals surface area contributed by atoms with Gasteiger partial charge in [0.25, 0.3) is 5.91 Å². The lowest BCUT2D eigenvalue weighted by Gasteiger charge is -1.98. The van der Waals surface area contributed by atoms with E-state index in [0.29, 0.717) is 11.3 Å². The largest absolute Gasteiger partial charge is 0.469 e. The third kappa shape index (κ3) is 3.68. The minimum Gasteiger partial charge on any atom is -0.469 e. The van der Waals surface area contributed by atoms with Crippen LogP contribution < -0.4 is 5.43 Å². The first-order valence-electron chi connectivity index (χ1n) is 6.27. The minimum absolute atomic E-state index is 0.278. The van der Waals surface area contributed by atoms with Crippen LogP contribution in [0.4, 0.5) is 0 Å². The standard InChI is InChI=1S/C16H16N2O2/c1-12(10-14-6-4-3-5-7-14)11-17-18-16(19)15-8-9-20-13(15)2/h3-11H,1-2H3,(H,18,19)/b12-10+,17-11-. The number of carbonyl (C=O) groups excluding carboxylic acids is 1. The molecule has 0 saturated carbocycles.